The van der Waals surface area contributed by atoms with Gasteiger partial charge in [-0.15, -0.1) is 0 Å². The van der Waals surface area contributed by atoms with E-state index in [0.717, 1.165) is 37.1 Å². The summed E-state index contributed by atoms with van der Waals surface area (Å²) in [7, 11) is -3.50. The molecule has 2 rings (SSSR count). The fourth-order valence-corrected chi connectivity index (χ4v) is 4.51. The highest BCUT2D eigenvalue weighted by Gasteiger charge is 2.34. The molecule has 2 heterocycles. The molecule has 1 aromatic rings. The zero-order valence-corrected chi connectivity index (χ0v) is 13.3. The van der Waals surface area contributed by atoms with E-state index in [1.807, 2.05) is 20.8 Å². The van der Waals surface area contributed by atoms with Crippen molar-refractivity contribution in [3.8, 4) is 0 Å². The molecule has 1 aliphatic heterocycles. The Kier molecular flexibility index (Phi) is 4.82. The van der Waals surface area contributed by atoms with Crippen molar-refractivity contribution in [3.63, 3.8) is 0 Å². The van der Waals surface area contributed by atoms with Crippen molar-refractivity contribution in [2.75, 3.05) is 13.1 Å². The first kappa shape index (κ1) is 15.5. The minimum atomic E-state index is -3.50. The number of aromatic amines is 1. The van der Waals surface area contributed by atoms with Crippen molar-refractivity contribution in [1.82, 2.24) is 19.8 Å². The number of nitrogens with one attached hydrogen (secondary N) is 2. The van der Waals surface area contributed by atoms with Gasteiger partial charge in [0, 0.05) is 30.4 Å². The molecule has 0 spiro atoms. The van der Waals surface area contributed by atoms with Crippen LogP contribution in [0.15, 0.2) is 5.03 Å². The normalized spacial score (nSPS) is 21.2. The second kappa shape index (κ2) is 6.24. The minimum absolute atomic E-state index is 0.0535. The second-order valence-corrected chi connectivity index (χ2v) is 7.18. The predicted octanol–water partition coefficient (Wildman–Crippen LogP) is 1.39. The number of H-pyrrole nitrogens is 1. The van der Waals surface area contributed by atoms with Crippen LogP contribution in [0.4, 0.5) is 0 Å². The Morgan fingerprint density at radius 3 is 2.85 bits per heavy atom. The lowest BCUT2D eigenvalue weighted by Crippen LogP contribution is -2.42. The lowest BCUT2D eigenvalue weighted by molar-refractivity contribution is 0.267. The van der Waals surface area contributed by atoms with E-state index in [0.29, 0.717) is 13.1 Å². The molecule has 114 valence electrons. The van der Waals surface area contributed by atoms with Gasteiger partial charge in [0.05, 0.1) is 0 Å². The van der Waals surface area contributed by atoms with Crippen LogP contribution in [-0.2, 0) is 16.6 Å². The summed E-state index contributed by atoms with van der Waals surface area (Å²) in [4.78, 5) is 0. The van der Waals surface area contributed by atoms with Crippen molar-refractivity contribution in [2.45, 2.75) is 57.6 Å². The van der Waals surface area contributed by atoms with Crippen molar-refractivity contribution in [2.24, 2.45) is 0 Å². The van der Waals surface area contributed by atoms with Crippen molar-refractivity contribution in [1.29, 1.82) is 0 Å². The molecule has 0 bridgehead atoms. The first-order chi connectivity index (χ1) is 9.48. The fraction of sp³-hybridized carbons (Fsp3) is 0.769. The summed E-state index contributed by atoms with van der Waals surface area (Å²) in [6.45, 7) is 7.74. The topological polar surface area (TPSA) is 78.1 Å². The van der Waals surface area contributed by atoms with Gasteiger partial charge in [-0.05, 0) is 33.2 Å². The molecule has 6 nitrogen and oxygen atoms in total. The van der Waals surface area contributed by atoms with E-state index in [1.165, 1.54) is 0 Å². The molecule has 1 saturated heterocycles. The maximum absolute atomic E-state index is 12.8. The number of piperidine rings is 1. The Labute approximate surface area is 121 Å². The number of nitrogens with zero attached hydrogens (tertiary/aromatic N) is 2. The lowest BCUT2D eigenvalue weighted by Gasteiger charge is -2.31. The fourth-order valence-electron chi connectivity index (χ4n) is 2.64. The van der Waals surface area contributed by atoms with Crippen LogP contribution in [0.1, 0.15) is 44.4 Å². The Bertz CT molecular complexity index is 553. The monoisotopic (exact) mass is 300 g/mol. The average molecular weight is 300 g/mol. The summed E-state index contributed by atoms with van der Waals surface area (Å²) in [5.74, 6) is 0. The van der Waals surface area contributed by atoms with Crippen molar-refractivity contribution in [3.05, 3.63) is 11.3 Å². The molecular formula is C13H24N4O2S. The van der Waals surface area contributed by atoms with Crippen LogP contribution < -0.4 is 5.32 Å². The highest BCUT2D eigenvalue weighted by Crippen LogP contribution is 2.26. The van der Waals surface area contributed by atoms with E-state index in [2.05, 4.69) is 15.5 Å². The van der Waals surface area contributed by atoms with Gasteiger partial charge >= 0.3 is 0 Å². The Balaban J connectivity index is 2.33. The van der Waals surface area contributed by atoms with Crippen LogP contribution in [0, 0.1) is 6.92 Å². The molecule has 0 aromatic carbocycles. The number of aromatic nitrogens is 2. The molecule has 1 aromatic heterocycles. The van der Waals surface area contributed by atoms with Gasteiger partial charge in [0.15, 0.2) is 5.03 Å². The Morgan fingerprint density at radius 1 is 1.45 bits per heavy atom. The number of sulfonamides is 1. The van der Waals surface area contributed by atoms with Gasteiger partial charge < -0.3 is 5.32 Å². The molecule has 0 radical (unpaired) electrons. The molecule has 1 unspecified atom stereocenters. The van der Waals surface area contributed by atoms with Gasteiger partial charge in [0.25, 0.3) is 10.0 Å². The van der Waals surface area contributed by atoms with E-state index < -0.39 is 10.0 Å². The Hall–Kier alpha value is -0.920. The molecular weight excluding hydrogens is 276 g/mol. The largest absolute Gasteiger partial charge is 0.313 e. The SMILES string of the molecule is CCNCc1c(S(=O)(=O)N2CCCCC2C)n[nH]c1C. The van der Waals surface area contributed by atoms with Gasteiger partial charge in [0.1, 0.15) is 0 Å². The maximum Gasteiger partial charge on any atom is 0.262 e. The summed E-state index contributed by atoms with van der Waals surface area (Å²) in [5.41, 5.74) is 1.57. The van der Waals surface area contributed by atoms with Crippen LogP contribution in [0.2, 0.25) is 0 Å². The summed E-state index contributed by atoms with van der Waals surface area (Å²) in [6.07, 6.45) is 2.94. The molecule has 1 atom stereocenters. The highest BCUT2D eigenvalue weighted by atomic mass is 32.2. The third kappa shape index (κ3) is 2.89. The third-order valence-corrected chi connectivity index (χ3v) is 5.87. The lowest BCUT2D eigenvalue weighted by atomic mass is 10.1. The zero-order valence-electron chi connectivity index (χ0n) is 12.4. The number of aryl methyl sites for hydroxylation is 1. The summed E-state index contributed by atoms with van der Waals surface area (Å²) >= 11 is 0. The van der Waals surface area contributed by atoms with Gasteiger partial charge in [0.2, 0.25) is 0 Å². The molecule has 7 heteroatoms. The molecule has 20 heavy (non-hydrogen) atoms. The van der Waals surface area contributed by atoms with Crippen LogP contribution in [0.5, 0.6) is 0 Å². The van der Waals surface area contributed by atoms with E-state index in [1.54, 1.807) is 4.31 Å². The van der Waals surface area contributed by atoms with Crippen LogP contribution in [0.3, 0.4) is 0 Å². The van der Waals surface area contributed by atoms with E-state index in [-0.39, 0.29) is 11.1 Å². The summed E-state index contributed by atoms with van der Waals surface area (Å²) < 4.78 is 27.2. The molecule has 0 amide bonds. The van der Waals surface area contributed by atoms with E-state index >= 15 is 0 Å². The maximum atomic E-state index is 12.8. The minimum Gasteiger partial charge on any atom is -0.313 e. The Morgan fingerprint density at radius 2 is 2.20 bits per heavy atom. The number of hydrogen-bond acceptors (Lipinski definition) is 4. The van der Waals surface area contributed by atoms with Gasteiger partial charge in [-0.3, -0.25) is 5.10 Å². The standard InChI is InChI=1S/C13H24N4O2S/c1-4-14-9-12-11(3)15-16-13(12)20(18,19)17-8-6-5-7-10(17)2/h10,14H,4-9H2,1-3H3,(H,15,16). The van der Waals surface area contributed by atoms with Gasteiger partial charge in [-0.2, -0.15) is 9.40 Å². The molecule has 2 N–H and O–H groups in total. The molecule has 1 fully saturated rings. The summed E-state index contributed by atoms with van der Waals surface area (Å²) in [5, 5.41) is 10.2. The quantitative estimate of drug-likeness (QED) is 0.861. The molecule has 0 aliphatic carbocycles. The first-order valence-corrected chi connectivity index (χ1v) is 8.69. The smallest absolute Gasteiger partial charge is 0.262 e. The second-order valence-electron chi connectivity index (χ2n) is 5.37. The predicted molar refractivity (Wildman–Crippen MR) is 77.9 cm³/mol. The van der Waals surface area contributed by atoms with Crippen LogP contribution in [-0.4, -0.2) is 42.1 Å². The molecule has 1 aliphatic rings. The summed E-state index contributed by atoms with van der Waals surface area (Å²) in [6, 6.07) is 0.0535. The number of rotatable bonds is 5. The zero-order chi connectivity index (χ0) is 14.8. The average Bonchev–Trinajstić information content (AvgIpc) is 2.78. The van der Waals surface area contributed by atoms with Crippen molar-refractivity contribution >= 4 is 10.0 Å². The van der Waals surface area contributed by atoms with Crippen LogP contribution >= 0.6 is 0 Å². The first-order valence-electron chi connectivity index (χ1n) is 7.25. The van der Waals surface area contributed by atoms with Crippen LogP contribution in [0.25, 0.3) is 0 Å². The van der Waals surface area contributed by atoms with E-state index in [4.69, 9.17) is 0 Å². The molecule has 0 saturated carbocycles. The van der Waals surface area contributed by atoms with E-state index in [9.17, 15) is 8.42 Å². The third-order valence-electron chi connectivity index (χ3n) is 3.88. The number of hydrogen-bond donors (Lipinski definition) is 2. The van der Waals surface area contributed by atoms with Gasteiger partial charge in [-0.25, -0.2) is 8.42 Å². The highest BCUT2D eigenvalue weighted by molar-refractivity contribution is 7.89. The van der Waals surface area contributed by atoms with Gasteiger partial charge in [-0.1, -0.05) is 13.3 Å². The van der Waals surface area contributed by atoms with Crippen molar-refractivity contribution < 1.29 is 8.42 Å².